The second-order valence-electron chi connectivity index (χ2n) is 5.62. The Morgan fingerprint density at radius 3 is 2.46 bits per heavy atom. The molecule has 2 aromatic rings. The van der Waals surface area contributed by atoms with Crippen LogP contribution in [0.2, 0.25) is 0 Å². The first kappa shape index (κ1) is 19.4. The summed E-state index contributed by atoms with van der Waals surface area (Å²) in [6.07, 6.45) is 1.57. The lowest BCUT2D eigenvalue weighted by Crippen LogP contribution is -2.38. The molecule has 6 nitrogen and oxygen atoms in total. The first-order chi connectivity index (χ1) is 12.7. The Kier molecular flexibility index (Phi) is 7.61. The molecule has 0 aliphatic heterocycles. The van der Waals surface area contributed by atoms with Gasteiger partial charge in [0.1, 0.15) is 5.75 Å². The van der Waals surface area contributed by atoms with Crippen molar-refractivity contribution in [1.29, 1.82) is 0 Å². The number of hydrogen-bond acceptors (Lipinski definition) is 4. The minimum atomic E-state index is -0.264. The lowest BCUT2D eigenvalue weighted by atomic mass is 10.1. The van der Waals surface area contributed by atoms with Gasteiger partial charge in [0, 0.05) is 6.54 Å². The molecule has 0 spiro atoms. The smallest absolute Gasteiger partial charge is 0.317 e. The number of carbonyl (C=O) groups excluding carboxylic acids is 1. The maximum atomic E-state index is 11.9. The predicted molar refractivity (Wildman–Crippen MR) is 101 cm³/mol. The fourth-order valence-corrected chi connectivity index (χ4v) is 2.54. The number of carbonyl (C=O) groups is 1. The minimum absolute atomic E-state index is 0.124. The Bertz CT molecular complexity index is 719. The van der Waals surface area contributed by atoms with Crippen LogP contribution in [0.25, 0.3) is 0 Å². The van der Waals surface area contributed by atoms with E-state index < -0.39 is 0 Å². The summed E-state index contributed by atoms with van der Waals surface area (Å²) in [7, 11) is 3.20. The van der Waals surface area contributed by atoms with E-state index in [2.05, 4.69) is 17.6 Å². The molecule has 0 aliphatic carbocycles. The van der Waals surface area contributed by atoms with Gasteiger partial charge in [-0.15, -0.1) is 0 Å². The molecule has 140 valence electrons. The van der Waals surface area contributed by atoms with Gasteiger partial charge in [-0.25, -0.2) is 4.79 Å². The Labute approximate surface area is 154 Å². The molecular formula is C20H26N2O4. The maximum absolute atomic E-state index is 11.9. The monoisotopic (exact) mass is 358 g/mol. The Morgan fingerprint density at radius 1 is 0.962 bits per heavy atom. The van der Waals surface area contributed by atoms with Crippen LogP contribution in [-0.2, 0) is 12.8 Å². The summed E-state index contributed by atoms with van der Waals surface area (Å²) in [6, 6.07) is 13.2. The highest BCUT2D eigenvalue weighted by Crippen LogP contribution is 2.27. The van der Waals surface area contributed by atoms with E-state index in [1.54, 1.807) is 14.2 Å². The Hall–Kier alpha value is -2.89. The average molecular weight is 358 g/mol. The molecular weight excluding hydrogens is 332 g/mol. The van der Waals surface area contributed by atoms with Crippen LogP contribution in [0.5, 0.6) is 17.2 Å². The zero-order chi connectivity index (χ0) is 18.8. The van der Waals surface area contributed by atoms with Crippen LogP contribution in [-0.4, -0.2) is 33.5 Å². The van der Waals surface area contributed by atoms with Crippen molar-refractivity contribution < 1.29 is 19.0 Å². The van der Waals surface area contributed by atoms with Crippen LogP contribution in [0.3, 0.4) is 0 Å². The van der Waals surface area contributed by atoms with Gasteiger partial charge < -0.3 is 24.8 Å². The summed E-state index contributed by atoms with van der Waals surface area (Å²) >= 11 is 0. The average Bonchev–Trinajstić information content (AvgIpc) is 2.68. The molecule has 0 unspecified atom stereocenters. The molecule has 6 heteroatoms. The molecule has 2 rings (SSSR count). The van der Waals surface area contributed by atoms with Crippen molar-refractivity contribution >= 4 is 6.03 Å². The van der Waals surface area contributed by atoms with E-state index in [1.165, 1.54) is 0 Å². The normalized spacial score (nSPS) is 10.1. The van der Waals surface area contributed by atoms with Crippen LogP contribution >= 0.6 is 0 Å². The Morgan fingerprint density at radius 2 is 1.73 bits per heavy atom. The molecule has 2 N–H and O–H groups in total. The van der Waals surface area contributed by atoms with Crippen LogP contribution in [0.15, 0.2) is 42.5 Å². The number of rotatable bonds is 9. The highest BCUT2D eigenvalue weighted by atomic mass is 16.5. The molecule has 0 fully saturated rings. The van der Waals surface area contributed by atoms with Gasteiger partial charge in [0.15, 0.2) is 18.2 Å². The SMILES string of the molecule is CCc1ccccc1OCNC(=O)NCCc1ccc(OC)c(OC)c1. The molecule has 0 saturated carbocycles. The van der Waals surface area contributed by atoms with Crippen molar-refractivity contribution in [1.82, 2.24) is 10.6 Å². The molecule has 0 heterocycles. The number of ether oxygens (including phenoxy) is 3. The number of methoxy groups -OCH3 is 2. The third kappa shape index (κ3) is 5.58. The number of aryl methyl sites for hydroxylation is 1. The molecule has 0 aromatic heterocycles. The topological polar surface area (TPSA) is 68.8 Å². The fraction of sp³-hybridized carbons (Fsp3) is 0.350. The lowest BCUT2D eigenvalue weighted by Gasteiger charge is -2.12. The third-order valence-electron chi connectivity index (χ3n) is 3.96. The molecule has 2 aromatic carbocycles. The van der Waals surface area contributed by atoms with Gasteiger partial charge in [-0.1, -0.05) is 31.2 Å². The molecule has 26 heavy (non-hydrogen) atoms. The number of nitrogens with one attached hydrogen (secondary N) is 2. The molecule has 0 radical (unpaired) electrons. The van der Waals surface area contributed by atoms with Gasteiger partial charge in [-0.05, 0) is 42.2 Å². The van der Waals surface area contributed by atoms with Crippen LogP contribution in [0, 0.1) is 0 Å². The van der Waals surface area contributed by atoms with Crippen molar-refractivity contribution in [3.8, 4) is 17.2 Å². The number of para-hydroxylation sites is 1. The van der Waals surface area contributed by atoms with Gasteiger partial charge in [0.25, 0.3) is 0 Å². The van der Waals surface area contributed by atoms with Gasteiger partial charge in [0.2, 0.25) is 0 Å². The van der Waals surface area contributed by atoms with E-state index in [-0.39, 0.29) is 12.8 Å². The summed E-state index contributed by atoms with van der Waals surface area (Å²) in [5.41, 5.74) is 2.17. The van der Waals surface area contributed by atoms with E-state index in [9.17, 15) is 4.79 Å². The predicted octanol–water partition coefficient (Wildman–Crippen LogP) is 3.14. The summed E-state index contributed by atoms with van der Waals surface area (Å²) in [5.74, 6) is 2.16. The van der Waals surface area contributed by atoms with Crippen molar-refractivity contribution in [3.63, 3.8) is 0 Å². The van der Waals surface area contributed by atoms with Gasteiger partial charge in [-0.3, -0.25) is 0 Å². The number of benzene rings is 2. The molecule has 2 amide bonds. The van der Waals surface area contributed by atoms with Crippen molar-refractivity contribution in [3.05, 3.63) is 53.6 Å². The standard InChI is InChI=1S/C20H26N2O4/c1-4-16-7-5-6-8-17(16)26-14-22-20(23)21-12-11-15-9-10-18(24-2)19(13-15)25-3/h5-10,13H,4,11-12,14H2,1-3H3,(H2,21,22,23). The molecule has 0 bridgehead atoms. The summed E-state index contributed by atoms with van der Waals surface area (Å²) in [4.78, 5) is 11.9. The summed E-state index contributed by atoms with van der Waals surface area (Å²) in [6.45, 7) is 2.70. The molecule has 0 atom stereocenters. The fourth-order valence-electron chi connectivity index (χ4n) is 2.54. The van der Waals surface area contributed by atoms with E-state index >= 15 is 0 Å². The zero-order valence-corrected chi connectivity index (χ0v) is 15.5. The number of hydrogen-bond donors (Lipinski definition) is 2. The highest BCUT2D eigenvalue weighted by Gasteiger charge is 2.06. The number of amides is 2. The second-order valence-corrected chi connectivity index (χ2v) is 5.62. The summed E-state index contributed by atoms with van der Waals surface area (Å²) in [5, 5.41) is 5.50. The van der Waals surface area contributed by atoms with Crippen molar-refractivity contribution in [2.75, 3.05) is 27.5 Å². The molecule has 0 aliphatic rings. The number of urea groups is 1. The summed E-state index contributed by atoms with van der Waals surface area (Å²) < 4.78 is 16.1. The first-order valence-electron chi connectivity index (χ1n) is 8.61. The quantitative estimate of drug-likeness (QED) is 0.676. The van der Waals surface area contributed by atoms with E-state index in [1.807, 2.05) is 42.5 Å². The van der Waals surface area contributed by atoms with Crippen molar-refractivity contribution in [2.24, 2.45) is 0 Å². The minimum Gasteiger partial charge on any atom is -0.493 e. The van der Waals surface area contributed by atoms with E-state index in [4.69, 9.17) is 14.2 Å². The lowest BCUT2D eigenvalue weighted by molar-refractivity contribution is 0.223. The van der Waals surface area contributed by atoms with E-state index in [0.717, 1.165) is 23.3 Å². The Balaban J connectivity index is 1.72. The van der Waals surface area contributed by atoms with Crippen LogP contribution < -0.4 is 24.8 Å². The largest absolute Gasteiger partial charge is 0.493 e. The van der Waals surface area contributed by atoms with Gasteiger partial charge >= 0.3 is 6.03 Å². The van der Waals surface area contributed by atoms with E-state index in [0.29, 0.717) is 24.5 Å². The first-order valence-corrected chi connectivity index (χ1v) is 8.61. The van der Waals surface area contributed by atoms with Crippen LogP contribution in [0.1, 0.15) is 18.1 Å². The molecule has 0 saturated heterocycles. The second kappa shape index (κ2) is 10.2. The third-order valence-corrected chi connectivity index (χ3v) is 3.96. The van der Waals surface area contributed by atoms with Gasteiger partial charge in [-0.2, -0.15) is 0 Å². The highest BCUT2D eigenvalue weighted by molar-refractivity contribution is 5.73. The van der Waals surface area contributed by atoms with Crippen molar-refractivity contribution in [2.45, 2.75) is 19.8 Å². The van der Waals surface area contributed by atoms with Crippen LogP contribution in [0.4, 0.5) is 4.79 Å². The zero-order valence-electron chi connectivity index (χ0n) is 15.5. The maximum Gasteiger partial charge on any atom is 0.317 e. The van der Waals surface area contributed by atoms with Gasteiger partial charge in [0.05, 0.1) is 14.2 Å².